The third kappa shape index (κ3) is 4.66. The molecule has 7 N–H and O–H groups in total. The number of nitrogens with two attached hydrogens (primary N) is 1. The van der Waals surface area contributed by atoms with E-state index in [2.05, 4.69) is 10.2 Å². The van der Waals surface area contributed by atoms with Crippen molar-refractivity contribution in [2.75, 3.05) is 46.2 Å². The lowest BCUT2D eigenvalue weighted by molar-refractivity contribution is -0.153. The number of phenolic OH excluding ortho intramolecular Hbond substituents is 1. The van der Waals surface area contributed by atoms with Gasteiger partial charge in [0.25, 0.3) is 5.91 Å². The highest BCUT2D eigenvalue weighted by atomic mass is 16.3. The van der Waals surface area contributed by atoms with E-state index in [1.807, 2.05) is 19.0 Å². The Labute approximate surface area is 249 Å². The van der Waals surface area contributed by atoms with Crippen molar-refractivity contribution in [1.82, 2.24) is 15.1 Å². The van der Waals surface area contributed by atoms with Crippen molar-refractivity contribution in [3.05, 3.63) is 39.7 Å². The molecule has 0 bridgehead atoms. The summed E-state index contributed by atoms with van der Waals surface area (Å²) < 4.78 is 0. The molecule has 13 heteroatoms. The number of carbonyl (C=O) groups excluding carboxylic acids is 4. The third-order valence-corrected chi connectivity index (χ3v) is 9.29. The average Bonchev–Trinajstić information content (AvgIpc) is 3.31. The number of likely N-dealkylation sites (tertiary alicyclic amines) is 1. The molecule has 1 aliphatic heterocycles. The molecule has 1 aromatic rings. The highest BCUT2D eigenvalue weighted by Gasteiger charge is 2.64. The van der Waals surface area contributed by atoms with E-state index in [0.29, 0.717) is 18.7 Å². The molecule has 0 unspecified atom stereocenters. The topological polar surface area (TPSA) is 197 Å². The second-order valence-electron chi connectivity index (χ2n) is 12.5. The number of aliphatic hydroxyl groups is 3. The Morgan fingerprint density at radius 2 is 1.84 bits per heavy atom. The SMILES string of the molecule is CC(=O)N[C@@H]1CCN(Cc2cc(O)c3c(c2N(C)C)C[C@H]2C[C@H]4[C@H](N(C)C)C(=O)C(C(N)=O)=C(O)[C@@]4(O)C(=O)C2=C3O)C1. The lowest BCUT2D eigenvalue weighted by Gasteiger charge is -2.50. The first-order valence-corrected chi connectivity index (χ1v) is 14.3. The van der Waals surface area contributed by atoms with Gasteiger partial charge in [0.05, 0.1) is 11.6 Å². The van der Waals surface area contributed by atoms with Crippen LogP contribution in [-0.2, 0) is 32.1 Å². The van der Waals surface area contributed by atoms with Gasteiger partial charge in [-0.05, 0) is 56.5 Å². The maximum atomic E-state index is 14.1. The lowest BCUT2D eigenvalue weighted by atomic mass is 9.57. The first-order valence-electron chi connectivity index (χ1n) is 14.3. The van der Waals surface area contributed by atoms with Crippen LogP contribution in [0.2, 0.25) is 0 Å². The number of carbonyl (C=O) groups is 4. The number of Topliss-reactive ketones (excluding diaryl/α,β-unsaturated/α-hetero) is 2. The molecule has 1 heterocycles. The minimum Gasteiger partial charge on any atom is -0.508 e. The first kappa shape index (κ1) is 30.5. The van der Waals surface area contributed by atoms with Crippen LogP contribution in [-0.4, -0.2) is 113 Å². The second-order valence-corrected chi connectivity index (χ2v) is 12.5. The van der Waals surface area contributed by atoms with Gasteiger partial charge in [-0.1, -0.05) is 0 Å². The van der Waals surface area contributed by atoms with E-state index in [9.17, 15) is 39.6 Å². The van der Waals surface area contributed by atoms with Gasteiger partial charge in [-0.15, -0.1) is 0 Å². The van der Waals surface area contributed by atoms with E-state index in [1.165, 1.54) is 11.8 Å². The van der Waals surface area contributed by atoms with Crippen molar-refractivity contribution in [3.63, 3.8) is 0 Å². The van der Waals surface area contributed by atoms with Gasteiger partial charge in [-0.2, -0.15) is 0 Å². The van der Waals surface area contributed by atoms with E-state index < -0.39 is 58.0 Å². The predicted octanol–water partition coefficient (Wildman–Crippen LogP) is -0.260. The van der Waals surface area contributed by atoms with Crippen LogP contribution >= 0.6 is 0 Å². The van der Waals surface area contributed by atoms with Crippen LogP contribution in [0.3, 0.4) is 0 Å². The van der Waals surface area contributed by atoms with Crippen LogP contribution in [0.4, 0.5) is 5.69 Å². The zero-order valence-corrected chi connectivity index (χ0v) is 25.0. The van der Waals surface area contributed by atoms with Crippen LogP contribution < -0.4 is 16.0 Å². The molecular weight excluding hydrogens is 558 g/mol. The van der Waals surface area contributed by atoms with Crippen molar-refractivity contribution >= 4 is 34.8 Å². The summed E-state index contributed by atoms with van der Waals surface area (Å²) in [6, 6.07) is 0.430. The summed E-state index contributed by atoms with van der Waals surface area (Å²) in [6.07, 6.45) is 1.02. The molecule has 2 fully saturated rings. The summed E-state index contributed by atoms with van der Waals surface area (Å²) in [6.45, 7) is 3.34. The number of aromatic hydroxyl groups is 1. The number of likely N-dealkylation sites (N-methyl/N-ethyl adjacent to an activating group) is 1. The summed E-state index contributed by atoms with van der Waals surface area (Å²) in [5, 5.41) is 48.5. The van der Waals surface area contributed by atoms with Crippen molar-refractivity contribution in [2.24, 2.45) is 17.6 Å². The van der Waals surface area contributed by atoms with Crippen molar-refractivity contribution in [1.29, 1.82) is 0 Å². The van der Waals surface area contributed by atoms with E-state index in [4.69, 9.17) is 5.73 Å². The van der Waals surface area contributed by atoms with E-state index >= 15 is 0 Å². The van der Waals surface area contributed by atoms with Gasteiger partial charge in [0.2, 0.25) is 11.7 Å². The minimum atomic E-state index is -2.68. The number of amides is 2. The molecule has 0 radical (unpaired) electrons. The molecule has 2 amide bonds. The molecule has 0 spiro atoms. The monoisotopic (exact) mass is 597 g/mol. The number of ketones is 2. The molecule has 13 nitrogen and oxygen atoms in total. The van der Waals surface area contributed by atoms with E-state index in [0.717, 1.165) is 24.2 Å². The quantitative estimate of drug-likeness (QED) is 0.236. The molecule has 0 aromatic heterocycles. The first-order chi connectivity index (χ1) is 20.1. The van der Waals surface area contributed by atoms with E-state index in [-0.39, 0.29) is 41.7 Å². The minimum absolute atomic E-state index is 0.0220. The van der Waals surface area contributed by atoms with Gasteiger partial charge < -0.3 is 36.4 Å². The molecule has 1 saturated heterocycles. The predicted molar refractivity (Wildman–Crippen MR) is 156 cm³/mol. The molecule has 3 aliphatic carbocycles. The Balaban J connectivity index is 1.62. The van der Waals surface area contributed by atoms with Gasteiger partial charge >= 0.3 is 0 Å². The van der Waals surface area contributed by atoms with Gasteiger partial charge in [0, 0.05) is 63.9 Å². The number of phenols is 1. The summed E-state index contributed by atoms with van der Waals surface area (Å²) in [7, 11) is 6.82. The molecule has 43 heavy (non-hydrogen) atoms. The third-order valence-electron chi connectivity index (χ3n) is 9.29. The molecule has 1 saturated carbocycles. The molecule has 4 aliphatic rings. The van der Waals surface area contributed by atoms with E-state index in [1.54, 1.807) is 20.2 Å². The molecule has 5 atom stereocenters. The maximum absolute atomic E-state index is 14.1. The lowest BCUT2D eigenvalue weighted by Crippen LogP contribution is -2.65. The Morgan fingerprint density at radius 1 is 1.16 bits per heavy atom. The number of fused-ring (bicyclic) bond motifs is 3. The number of hydrogen-bond donors (Lipinski definition) is 6. The summed E-state index contributed by atoms with van der Waals surface area (Å²) in [5.41, 5.74) is 3.91. The average molecular weight is 598 g/mol. The Morgan fingerprint density at radius 3 is 2.42 bits per heavy atom. The number of primary amides is 1. The van der Waals surface area contributed by atoms with Crippen LogP contribution in [0, 0.1) is 11.8 Å². The van der Waals surface area contributed by atoms with Crippen LogP contribution in [0.15, 0.2) is 23.0 Å². The summed E-state index contributed by atoms with van der Waals surface area (Å²) in [5.74, 6) is -6.87. The Kier molecular flexibility index (Phi) is 7.56. The number of rotatable bonds is 6. The fourth-order valence-corrected chi connectivity index (χ4v) is 7.67. The number of anilines is 1. The Bertz CT molecular complexity index is 1500. The standard InChI is InChI=1S/C30H39N5O8/c1-13(36)32-16-6-7-35(12-16)11-15-10-19(37)21-17(23(15)33(2)3)8-14-9-18-24(34(4)5)26(39)22(29(31)42)28(41)30(18,43)27(40)20(14)25(21)38/h10,14,16,18,24,37-38,41,43H,6-9,11-12H2,1-5H3,(H2,31,42)(H,32,36)/t14-,16+,18-,24-,30-/m0/s1. The van der Waals surface area contributed by atoms with Gasteiger partial charge in [-0.3, -0.25) is 29.0 Å². The van der Waals surface area contributed by atoms with Gasteiger partial charge in [-0.25, -0.2) is 0 Å². The number of aliphatic hydroxyl groups excluding tert-OH is 2. The number of nitrogens with zero attached hydrogens (tertiary/aromatic N) is 3. The second kappa shape index (κ2) is 10.6. The van der Waals surface area contributed by atoms with Gasteiger partial charge in [0.1, 0.15) is 22.8 Å². The van der Waals surface area contributed by atoms with Crippen LogP contribution in [0.1, 0.15) is 36.5 Å². The molecule has 232 valence electrons. The number of nitrogens with one attached hydrogen (secondary N) is 1. The highest BCUT2D eigenvalue weighted by Crippen LogP contribution is 2.54. The molecule has 1 aromatic carbocycles. The van der Waals surface area contributed by atoms with Crippen LogP contribution in [0.25, 0.3) is 5.76 Å². The smallest absolute Gasteiger partial charge is 0.255 e. The number of hydrogen-bond acceptors (Lipinski definition) is 11. The fourth-order valence-electron chi connectivity index (χ4n) is 7.67. The molecule has 5 rings (SSSR count). The van der Waals surface area contributed by atoms with Gasteiger partial charge in [0.15, 0.2) is 11.4 Å². The fraction of sp³-hybridized carbons (Fsp3) is 0.533. The maximum Gasteiger partial charge on any atom is 0.255 e. The number of benzene rings is 1. The largest absolute Gasteiger partial charge is 0.508 e. The van der Waals surface area contributed by atoms with Crippen molar-refractivity contribution < 1.29 is 39.6 Å². The van der Waals surface area contributed by atoms with Crippen molar-refractivity contribution in [3.8, 4) is 5.75 Å². The summed E-state index contributed by atoms with van der Waals surface area (Å²) in [4.78, 5) is 56.6. The Hall–Kier alpha value is -3.94. The van der Waals surface area contributed by atoms with Crippen molar-refractivity contribution in [2.45, 2.75) is 50.4 Å². The summed E-state index contributed by atoms with van der Waals surface area (Å²) >= 11 is 0. The zero-order valence-electron chi connectivity index (χ0n) is 25.0. The zero-order chi connectivity index (χ0) is 31.7. The highest BCUT2D eigenvalue weighted by molar-refractivity contribution is 6.24. The normalized spacial score (nSPS) is 29.0. The van der Waals surface area contributed by atoms with Crippen LogP contribution in [0.5, 0.6) is 5.75 Å². The molecular formula is C30H39N5O8.